The van der Waals surface area contributed by atoms with Crippen molar-refractivity contribution in [3.8, 4) is 0 Å². The first kappa shape index (κ1) is 20.4. The summed E-state index contributed by atoms with van der Waals surface area (Å²) in [6.45, 7) is 3.17. The van der Waals surface area contributed by atoms with Crippen molar-refractivity contribution in [2.24, 2.45) is 0 Å². The first-order chi connectivity index (χ1) is 12.9. The van der Waals surface area contributed by atoms with Gasteiger partial charge in [-0.3, -0.25) is 9.59 Å². The number of hydrogen-bond acceptors (Lipinski definition) is 6. The molecule has 0 aliphatic rings. The minimum absolute atomic E-state index is 0.216. The molecule has 0 saturated heterocycles. The number of rotatable bonds is 7. The molecule has 2 rings (SSSR count). The van der Waals surface area contributed by atoms with Gasteiger partial charge in [0.1, 0.15) is 5.03 Å². The summed E-state index contributed by atoms with van der Waals surface area (Å²) in [6.07, 6.45) is 3.37. The highest BCUT2D eigenvalue weighted by Crippen LogP contribution is 2.18. The topological polar surface area (TPSA) is 97.4 Å². The van der Waals surface area contributed by atoms with E-state index in [0.29, 0.717) is 16.3 Å². The minimum Gasteiger partial charge on any atom is -0.452 e. The molecule has 0 saturated carbocycles. The van der Waals surface area contributed by atoms with E-state index < -0.39 is 18.5 Å². The number of carbonyl (C=O) groups is 3. The van der Waals surface area contributed by atoms with Crippen LogP contribution in [0.1, 0.15) is 21.5 Å². The molecule has 1 heterocycles. The fourth-order valence-electron chi connectivity index (χ4n) is 2.23. The van der Waals surface area contributed by atoms with Gasteiger partial charge < -0.3 is 15.4 Å². The molecule has 2 amide bonds. The molecule has 0 unspecified atom stereocenters. The summed E-state index contributed by atoms with van der Waals surface area (Å²) in [6, 6.07) is 8.79. The maximum Gasteiger partial charge on any atom is 0.341 e. The summed E-state index contributed by atoms with van der Waals surface area (Å²) < 4.78 is 4.98. The minimum atomic E-state index is -0.637. The fourth-order valence-corrected chi connectivity index (χ4v) is 2.77. The van der Waals surface area contributed by atoms with Crippen LogP contribution in [0, 0.1) is 13.8 Å². The lowest BCUT2D eigenvalue weighted by atomic mass is 10.1. The van der Waals surface area contributed by atoms with Crippen LogP contribution in [0.25, 0.3) is 0 Å². The first-order valence-corrected chi connectivity index (χ1v) is 9.43. The molecule has 2 aromatic rings. The second-order valence-corrected chi connectivity index (χ2v) is 6.50. The molecule has 0 fully saturated rings. The molecule has 0 aliphatic heterocycles. The van der Waals surface area contributed by atoms with Gasteiger partial charge in [0, 0.05) is 11.9 Å². The Morgan fingerprint density at radius 2 is 1.89 bits per heavy atom. The van der Waals surface area contributed by atoms with E-state index in [-0.39, 0.29) is 12.5 Å². The molecule has 8 heteroatoms. The molecule has 142 valence electrons. The summed E-state index contributed by atoms with van der Waals surface area (Å²) in [4.78, 5) is 39.9. The third-order valence-electron chi connectivity index (χ3n) is 3.84. The molecule has 0 radical (unpaired) electrons. The molecular formula is C19H21N3O4S. The van der Waals surface area contributed by atoms with Gasteiger partial charge in [-0.1, -0.05) is 12.1 Å². The van der Waals surface area contributed by atoms with Crippen molar-refractivity contribution in [1.29, 1.82) is 0 Å². The van der Waals surface area contributed by atoms with E-state index in [1.54, 1.807) is 30.7 Å². The number of nitrogens with one attached hydrogen (secondary N) is 2. The Balaban J connectivity index is 1.79. The van der Waals surface area contributed by atoms with Crippen LogP contribution >= 0.6 is 11.8 Å². The predicted molar refractivity (Wildman–Crippen MR) is 104 cm³/mol. The van der Waals surface area contributed by atoms with Gasteiger partial charge in [-0.25, -0.2) is 9.78 Å². The summed E-state index contributed by atoms with van der Waals surface area (Å²) in [5, 5.41) is 5.69. The molecular weight excluding hydrogens is 366 g/mol. The molecule has 1 aromatic carbocycles. The Morgan fingerprint density at radius 3 is 2.63 bits per heavy atom. The van der Waals surface area contributed by atoms with Crippen LogP contribution in [0.2, 0.25) is 0 Å². The maximum atomic E-state index is 12.0. The summed E-state index contributed by atoms with van der Waals surface area (Å²) in [5.41, 5.74) is 3.02. The van der Waals surface area contributed by atoms with Crippen LogP contribution in [-0.4, -0.2) is 42.2 Å². The SMILES string of the molecule is CSc1ncccc1C(=O)OCC(=O)NCC(=O)Nc1cccc(C)c1C. The molecule has 2 N–H and O–H groups in total. The number of hydrogen-bond donors (Lipinski definition) is 2. The van der Waals surface area contributed by atoms with Crippen molar-refractivity contribution < 1.29 is 19.1 Å². The Morgan fingerprint density at radius 1 is 1.11 bits per heavy atom. The number of nitrogens with zero attached hydrogens (tertiary/aromatic N) is 1. The number of thioether (sulfide) groups is 1. The molecule has 0 bridgehead atoms. The van der Waals surface area contributed by atoms with Crippen LogP contribution in [-0.2, 0) is 14.3 Å². The van der Waals surface area contributed by atoms with Gasteiger partial charge in [-0.15, -0.1) is 11.8 Å². The van der Waals surface area contributed by atoms with Crippen LogP contribution in [0.4, 0.5) is 5.69 Å². The summed E-state index contributed by atoms with van der Waals surface area (Å²) >= 11 is 1.31. The predicted octanol–water partition coefficient (Wildman–Crippen LogP) is 2.33. The largest absolute Gasteiger partial charge is 0.452 e. The molecule has 27 heavy (non-hydrogen) atoms. The summed E-state index contributed by atoms with van der Waals surface area (Å²) in [5.74, 6) is -1.56. The number of ether oxygens (including phenoxy) is 1. The zero-order chi connectivity index (χ0) is 19.8. The first-order valence-electron chi connectivity index (χ1n) is 8.21. The number of carbonyl (C=O) groups excluding carboxylic acids is 3. The fraction of sp³-hybridized carbons (Fsp3) is 0.263. The van der Waals surface area contributed by atoms with Crippen molar-refractivity contribution in [2.45, 2.75) is 18.9 Å². The number of aryl methyl sites for hydroxylation is 1. The zero-order valence-electron chi connectivity index (χ0n) is 15.4. The van der Waals surface area contributed by atoms with Crippen LogP contribution < -0.4 is 10.6 Å². The zero-order valence-corrected chi connectivity index (χ0v) is 16.2. The van der Waals surface area contributed by atoms with Crippen molar-refractivity contribution >= 4 is 35.2 Å². The van der Waals surface area contributed by atoms with Crippen molar-refractivity contribution in [3.05, 3.63) is 53.2 Å². The lowest BCUT2D eigenvalue weighted by Gasteiger charge is -2.11. The summed E-state index contributed by atoms with van der Waals surface area (Å²) in [7, 11) is 0. The van der Waals surface area contributed by atoms with E-state index in [9.17, 15) is 14.4 Å². The van der Waals surface area contributed by atoms with E-state index in [2.05, 4.69) is 15.6 Å². The van der Waals surface area contributed by atoms with Crippen LogP contribution in [0.5, 0.6) is 0 Å². The van der Waals surface area contributed by atoms with Gasteiger partial charge in [0.25, 0.3) is 5.91 Å². The van der Waals surface area contributed by atoms with Gasteiger partial charge in [-0.05, 0) is 49.4 Å². The standard InChI is InChI=1S/C19H21N3O4S/c1-12-6-4-8-15(13(12)2)22-16(23)10-21-17(24)11-26-19(25)14-7-5-9-20-18(14)27-3/h4-9H,10-11H2,1-3H3,(H,21,24)(H,22,23). The van der Waals surface area contributed by atoms with Gasteiger partial charge in [-0.2, -0.15) is 0 Å². The normalized spacial score (nSPS) is 10.2. The van der Waals surface area contributed by atoms with Crippen LogP contribution in [0.3, 0.4) is 0 Å². The maximum absolute atomic E-state index is 12.0. The van der Waals surface area contributed by atoms with Gasteiger partial charge in [0.2, 0.25) is 5.91 Å². The van der Waals surface area contributed by atoms with E-state index in [1.165, 1.54) is 11.8 Å². The van der Waals surface area contributed by atoms with Crippen LogP contribution in [0.15, 0.2) is 41.6 Å². The molecule has 1 aromatic heterocycles. The molecule has 0 atom stereocenters. The Labute approximate surface area is 161 Å². The average molecular weight is 387 g/mol. The monoisotopic (exact) mass is 387 g/mol. The number of amides is 2. The van der Waals surface area contributed by atoms with Gasteiger partial charge in [0.05, 0.1) is 12.1 Å². The lowest BCUT2D eigenvalue weighted by molar-refractivity contribution is -0.126. The number of aromatic nitrogens is 1. The van der Waals surface area contributed by atoms with E-state index in [1.807, 2.05) is 26.0 Å². The third kappa shape index (κ3) is 5.82. The van der Waals surface area contributed by atoms with Crippen molar-refractivity contribution in [1.82, 2.24) is 10.3 Å². The Kier molecular flexibility index (Phi) is 7.36. The molecule has 7 nitrogen and oxygen atoms in total. The lowest BCUT2D eigenvalue weighted by Crippen LogP contribution is -2.35. The number of anilines is 1. The highest BCUT2D eigenvalue weighted by Gasteiger charge is 2.15. The third-order valence-corrected chi connectivity index (χ3v) is 4.56. The highest BCUT2D eigenvalue weighted by atomic mass is 32.2. The number of pyridine rings is 1. The smallest absolute Gasteiger partial charge is 0.341 e. The van der Waals surface area contributed by atoms with E-state index in [4.69, 9.17) is 4.74 Å². The Hall–Kier alpha value is -2.87. The Bertz CT molecular complexity index is 855. The number of esters is 1. The highest BCUT2D eigenvalue weighted by molar-refractivity contribution is 7.98. The molecule has 0 aliphatic carbocycles. The van der Waals surface area contributed by atoms with Gasteiger partial charge in [0.15, 0.2) is 6.61 Å². The van der Waals surface area contributed by atoms with Crippen molar-refractivity contribution in [2.75, 3.05) is 24.7 Å². The van der Waals surface area contributed by atoms with Gasteiger partial charge >= 0.3 is 5.97 Å². The van der Waals surface area contributed by atoms with E-state index in [0.717, 1.165) is 11.1 Å². The second kappa shape index (κ2) is 9.72. The number of benzene rings is 1. The van der Waals surface area contributed by atoms with Crippen molar-refractivity contribution in [3.63, 3.8) is 0 Å². The van der Waals surface area contributed by atoms with E-state index >= 15 is 0 Å². The quantitative estimate of drug-likeness (QED) is 0.559. The average Bonchev–Trinajstić information content (AvgIpc) is 2.68. The second-order valence-electron chi connectivity index (χ2n) is 5.71. The molecule has 0 spiro atoms.